The van der Waals surface area contributed by atoms with Crippen LogP contribution in [0.2, 0.25) is 0 Å². The highest BCUT2D eigenvalue weighted by Gasteiger charge is 2.41. The summed E-state index contributed by atoms with van der Waals surface area (Å²) in [6.07, 6.45) is 3.85. The number of rotatable bonds is 9. The van der Waals surface area contributed by atoms with Crippen LogP contribution in [0.5, 0.6) is 5.75 Å². The van der Waals surface area contributed by atoms with Gasteiger partial charge in [-0.05, 0) is 75.3 Å². The van der Waals surface area contributed by atoms with Gasteiger partial charge in [-0.3, -0.25) is 4.79 Å². The summed E-state index contributed by atoms with van der Waals surface area (Å²) >= 11 is 0. The average Bonchev–Trinajstić information content (AvgIpc) is 3.62. The monoisotopic (exact) mass is 571 g/mol. The smallest absolute Gasteiger partial charge is 0.414 e. The molecular weight excluding hydrogens is 534 g/mol. The van der Waals surface area contributed by atoms with Crippen LogP contribution in [0.3, 0.4) is 0 Å². The van der Waals surface area contributed by atoms with Gasteiger partial charge in [0.2, 0.25) is 15.9 Å². The van der Waals surface area contributed by atoms with Gasteiger partial charge in [-0.2, -0.15) is 4.31 Å². The van der Waals surface area contributed by atoms with E-state index in [2.05, 4.69) is 5.32 Å². The van der Waals surface area contributed by atoms with Crippen LogP contribution in [0, 0.1) is 6.92 Å². The summed E-state index contributed by atoms with van der Waals surface area (Å²) in [5, 5.41) is 2.79. The summed E-state index contributed by atoms with van der Waals surface area (Å²) in [5.41, 5.74) is 1.65. The molecule has 2 aromatic carbocycles. The van der Waals surface area contributed by atoms with Gasteiger partial charge >= 0.3 is 12.1 Å². The van der Waals surface area contributed by atoms with Crippen molar-refractivity contribution in [1.29, 1.82) is 0 Å². The maximum atomic E-state index is 13.5. The Morgan fingerprint density at radius 2 is 1.62 bits per heavy atom. The Balaban J connectivity index is 1.50. The quantitative estimate of drug-likeness (QED) is 0.458. The number of carbonyl (C=O) groups is 3. The Morgan fingerprint density at radius 3 is 2.25 bits per heavy atom. The molecule has 0 bridgehead atoms. The number of hydrogen-bond donors (Lipinski definition) is 1. The molecule has 40 heavy (non-hydrogen) atoms. The molecule has 1 heterocycles. The van der Waals surface area contributed by atoms with Gasteiger partial charge in [0, 0.05) is 27.1 Å². The third-order valence-corrected chi connectivity index (χ3v) is 9.18. The number of benzene rings is 2. The predicted molar refractivity (Wildman–Crippen MR) is 148 cm³/mol. The van der Waals surface area contributed by atoms with Crippen molar-refractivity contribution in [2.24, 2.45) is 0 Å². The molecule has 4 rings (SSSR count). The molecule has 2 aromatic rings. The van der Waals surface area contributed by atoms with Crippen LogP contribution in [0.1, 0.15) is 49.7 Å². The van der Waals surface area contributed by atoms with E-state index in [0.717, 1.165) is 31.2 Å². The first-order valence-electron chi connectivity index (χ1n) is 13.6. The van der Waals surface area contributed by atoms with E-state index in [4.69, 9.17) is 9.47 Å². The number of carbonyl (C=O) groups excluding carboxylic acids is 3. The van der Waals surface area contributed by atoms with Crippen LogP contribution in [0.4, 0.5) is 4.79 Å². The molecule has 1 saturated heterocycles. The van der Waals surface area contributed by atoms with Gasteiger partial charge in [0.1, 0.15) is 23.9 Å². The van der Waals surface area contributed by atoms with E-state index < -0.39 is 40.1 Å². The molecule has 1 aliphatic carbocycles. The van der Waals surface area contributed by atoms with Crippen molar-refractivity contribution in [1.82, 2.24) is 14.5 Å². The number of nitrogens with one attached hydrogen (secondary N) is 1. The average molecular weight is 572 g/mol. The molecule has 10 nitrogen and oxygen atoms in total. The fourth-order valence-corrected chi connectivity index (χ4v) is 6.63. The minimum Gasteiger partial charge on any atom is -0.461 e. The highest BCUT2D eigenvalue weighted by atomic mass is 32.2. The zero-order valence-corrected chi connectivity index (χ0v) is 24.0. The van der Waals surface area contributed by atoms with Crippen molar-refractivity contribution in [3.05, 3.63) is 59.7 Å². The largest absolute Gasteiger partial charge is 0.461 e. The molecule has 0 aromatic heterocycles. The summed E-state index contributed by atoms with van der Waals surface area (Å²) in [6, 6.07) is 11.2. The number of amides is 2. The number of esters is 1. The van der Waals surface area contributed by atoms with Crippen molar-refractivity contribution in [2.45, 2.75) is 75.0 Å². The van der Waals surface area contributed by atoms with Gasteiger partial charge in [0.25, 0.3) is 0 Å². The minimum absolute atomic E-state index is 0.130. The maximum absolute atomic E-state index is 13.5. The molecule has 1 saturated carbocycles. The van der Waals surface area contributed by atoms with Crippen molar-refractivity contribution in [2.75, 3.05) is 20.6 Å². The first kappa shape index (κ1) is 29.5. The van der Waals surface area contributed by atoms with E-state index in [1.54, 1.807) is 62.6 Å². The molecule has 11 heteroatoms. The van der Waals surface area contributed by atoms with Crippen molar-refractivity contribution < 1.29 is 32.3 Å². The SMILES string of the molecule is Cc1ccc(S(=O)(=O)N2CCC[C@H]2C(=O)N[C@@H](Cc2ccc(OC(=O)N(C)C)cc2)C(=O)OC2CCCC2)cc1. The lowest BCUT2D eigenvalue weighted by Crippen LogP contribution is -2.52. The highest BCUT2D eigenvalue weighted by Crippen LogP contribution is 2.27. The predicted octanol–water partition coefficient (Wildman–Crippen LogP) is 3.42. The van der Waals surface area contributed by atoms with Crippen LogP contribution < -0.4 is 10.1 Å². The Bertz CT molecular complexity index is 1300. The van der Waals surface area contributed by atoms with Gasteiger partial charge in [-0.25, -0.2) is 18.0 Å². The van der Waals surface area contributed by atoms with Crippen LogP contribution in [-0.4, -0.2) is 74.4 Å². The molecule has 2 atom stereocenters. The lowest BCUT2D eigenvalue weighted by Gasteiger charge is -2.26. The minimum atomic E-state index is -3.89. The van der Waals surface area contributed by atoms with Gasteiger partial charge in [-0.15, -0.1) is 0 Å². The first-order chi connectivity index (χ1) is 19.0. The first-order valence-corrected chi connectivity index (χ1v) is 15.1. The maximum Gasteiger partial charge on any atom is 0.414 e. The summed E-state index contributed by atoms with van der Waals surface area (Å²) < 4.78 is 38.9. The molecule has 0 radical (unpaired) electrons. The molecular formula is C29H37N3O7S. The van der Waals surface area contributed by atoms with Crippen LogP contribution in [-0.2, 0) is 30.8 Å². The Kier molecular flexibility index (Phi) is 9.47. The summed E-state index contributed by atoms with van der Waals surface area (Å²) in [5.74, 6) is -0.730. The molecule has 0 spiro atoms. The second kappa shape index (κ2) is 12.8. The van der Waals surface area contributed by atoms with E-state index in [1.165, 1.54) is 9.21 Å². The molecule has 2 amide bonds. The standard InChI is InChI=1S/C29H37N3O7S/c1-20-10-16-24(17-11-20)40(36,37)32-18-6-9-26(32)27(33)30-25(28(34)38-22-7-4-5-8-22)19-21-12-14-23(15-13-21)39-29(35)31(2)3/h10-17,22,25-26H,4-9,18-19H2,1-3H3,(H,30,33)/t25-,26-/m0/s1. The lowest BCUT2D eigenvalue weighted by atomic mass is 10.0. The number of ether oxygens (including phenoxy) is 2. The van der Waals surface area contributed by atoms with Crippen molar-refractivity contribution >= 4 is 28.0 Å². The van der Waals surface area contributed by atoms with E-state index in [9.17, 15) is 22.8 Å². The van der Waals surface area contributed by atoms with Gasteiger partial charge in [-0.1, -0.05) is 29.8 Å². The van der Waals surface area contributed by atoms with Gasteiger partial charge in [0.05, 0.1) is 4.90 Å². The molecule has 1 N–H and O–H groups in total. The van der Waals surface area contributed by atoms with Crippen LogP contribution in [0.15, 0.2) is 53.4 Å². The third-order valence-electron chi connectivity index (χ3n) is 7.25. The summed E-state index contributed by atoms with van der Waals surface area (Å²) in [7, 11) is -0.731. The second-order valence-electron chi connectivity index (χ2n) is 10.6. The lowest BCUT2D eigenvalue weighted by molar-refractivity contribution is -0.153. The molecule has 1 aliphatic heterocycles. The van der Waals surface area contributed by atoms with Crippen LogP contribution >= 0.6 is 0 Å². The summed E-state index contributed by atoms with van der Waals surface area (Å²) in [6.45, 7) is 2.09. The van der Waals surface area contributed by atoms with Gasteiger partial charge < -0.3 is 19.7 Å². The van der Waals surface area contributed by atoms with Crippen molar-refractivity contribution in [3.63, 3.8) is 0 Å². The number of sulfonamides is 1. The second-order valence-corrected chi connectivity index (χ2v) is 12.5. The molecule has 216 valence electrons. The normalized spacial score (nSPS) is 18.7. The van der Waals surface area contributed by atoms with Gasteiger partial charge in [0.15, 0.2) is 0 Å². The number of aryl methyl sites for hydroxylation is 1. The Labute approximate surface area is 235 Å². The van der Waals surface area contributed by atoms with E-state index in [1.807, 2.05) is 6.92 Å². The zero-order valence-electron chi connectivity index (χ0n) is 23.2. The fraction of sp³-hybridized carbons (Fsp3) is 0.483. The Morgan fingerprint density at radius 1 is 0.975 bits per heavy atom. The highest BCUT2D eigenvalue weighted by molar-refractivity contribution is 7.89. The third kappa shape index (κ3) is 7.19. The van der Waals surface area contributed by atoms with Crippen molar-refractivity contribution in [3.8, 4) is 5.75 Å². The number of nitrogens with zero attached hydrogens (tertiary/aromatic N) is 2. The Hall–Kier alpha value is -3.44. The molecule has 2 fully saturated rings. The summed E-state index contributed by atoms with van der Waals surface area (Å²) in [4.78, 5) is 40.0. The van der Waals surface area contributed by atoms with E-state index in [0.29, 0.717) is 24.2 Å². The topological polar surface area (TPSA) is 122 Å². The van der Waals surface area contributed by atoms with E-state index in [-0.39, 0.29) is 24.0 Å². The molecule has 2 aliphatic rings. The van der Waals surface area contributed by atoms with Crippen LogP contribution in [0.25, 0.3) is 0 Å². The zero-order chi connectivity index (χ0) is 28.9. The van der Waals surface area contributed by atoms with E-state index >= 15 is 0 Å². The fourth-order valence-electron chi connectivity index (χ4n) is 4.97. The molecule has 0 unspecified atom stereocenters. The number of hydrogen-bond acceptors (Lipinski definition) is 7.